The third-order valence-electron chi connectivity index (χ3n) is 3.83. The molecule has 0 unspecified atom stereocenters. The monoisotopic (exact) mass is 305 g/mol. The van der Waals surface area contributed by atoms with Crippen molar-refractivity contribution < 1.29 is 0 Å². The van der Waals surface area contributed by atoms with Crippen molar-refractivity contribution in [2.24, 2.45) is 7.05 Å². The molecule has 0 atom stereocenters. The molecule has 3 rings (SSSR count). The molecular weight excluding hydrogens is 286 g/mol. The molecule has 2 aromatic heterocycles. The lowest BCUT2D eigenvalue weighted by molar-refractivity contribution is 0.240. The SMILES string of the molecule is CSc1nc2c(c(=O)[nH]1)CN(Cc1cn(C)nc1C)CC2. The molecule has 0 amide bonds. The predicted octanol–water partition coefficient (Wildman–Crippen LogP) is 1.09. The summed E-state index contributed by atoms with van der Waals surface area (Å²) in [5, 5.41) is 5.07. The van der Waals surface area contributed by atoms with Crippen LogP contribution in [0.5, 0.6) is 0 Å². The highest BCUT2D eigenvalue weighted by atomic mass is 32.2. The quantitative estimate of drug-likeness (QED) is 0.679. The van der Waals surface area contributed by atoms with Gasteiger partial charge in [-0.25, -0.2) is 4.98 Å². The highest BCUT2D eigenvalue weighted by molar-refractivity contribution is 7.98. The molecule has 0 radical (unpaired) electrons. The molecule has 6 nitrogen and oxygen atoms in total. The highest BCUT2D eigenvalue weighted by Gasteiger charge is 2.22. The van der Waals surface area contributed by atoms with Crippen LogP contribution in [-0.4, -0.2) is 37.4 Å². The fourth-order valence-corrected chi connectivity index (χ4v) is 3.13. The Hall–Kier alpha value is -1.60. The summed E-state index contributed by atoms with van der Waals surface area (Å²) >= 11 is 1.47. The highest BCUT2D eigenvalue weighted by Crippen LogP contribution is 2.19. The average molecular weight is 305 g/mol. The number of aryl methyl sites for hydroxylation is 2. The molecule has 7 heteroatoms. The zero-order chi connectivity index (χ0) is 15.0. The van der Waals surface area contributed by atoms with Crippen LogP contribution in [0.15, 0.2) is 16.1 Å². The van der Waals surface area contributed by atoms with Crippen LogP contribution in [0, 0.1) is 6.92 Å². The summed E-state index contributed by atoms with van der Waals surface area (Å²) in [5.41, 5.74) is 4.01. The fourth-order valence-electron chi connectivity index (χ4n) is 2.73. The Balaban J connectivity index is 1.81. The Morgan fingerprint density at radius 1 is 1.48 bits per heavy atom. The first kappa shape index (κ1) is 14.3. The lowest BCUT2D eigenvalue weighted by Crippen LogP contribution is -2.35. The minimum absolute atomic E-state index is 0.00282. The topological polar surface area (TPSA) is 66.8 Å². The van der Waals surface area contributed by atoms with E-state index in [1.807, 2.05) is 31.1 Å². The third kappa shape index (κ3) is 2.89. The molecule has 1 N–H and O–H groups in total. The lowest BCUT2D eigenvalue weighted by Gasteiger charge is -2.27. The second-order valence-corrected chi connectivity index (χ2v) is 6.17. The Bertz CT molecular complexity index is 721. The normalized spacial score (nSPS) is 15.2. The molecule has 1 aliphatic heterocycles. The number of hydrogen-bond acceptors (Lipinski definition) is 5. The number of nitrogens with zero attached hydrogens (tertiary/aromatic N) is 4. The van der Waals surface area contributed by atoms with Crippen LogP contribution in [-0.2, 0) is 26.6 Å². The number of aromatic amines is 1. The summed E-state index contributed by atoms with van der Waals surface area (Å²) in [6, 6.07) is 0. The Labute approximate surface area is 127 Å². The summed E-state index contributed by atoms with van der Waals surface area (Å²) in [7, 11) is 1.93. The summed E-state index contributed by atoms with van der Waals surface area (Å²) in [4.78, 5) is 21.8. The average Bonchev–Trinajstić information content (AvgIpc) is 2.77. The van der Waals surface area contributed by atoms with Gasteiger partial charge < -0.3 is 4.98 Å². The second-order valence-electron chi connectivity index (χ2n) is 5.37. The minimum atomic E-state index is -0.00282. The van der Waals surface area contributed by atoms with Crippen LogP contribution in [0.3, 0.4) is 0 Å². The summed E-state index contributed by atoms with van der Waals surface area (Å²) in [5.74, 6) is 0. The van der Waals surface area contributed by atoms with Crippen LogP contribution < -0.4 is 5.56 Å². The van der Waals surface area contributed by atoms with E-state index >= 15 is 0 Å². The van der Waals surface area contributed by atoms with E-state index in [-0.39, 0.29) is 5.56 Å². The van der Waals surface area contributed by atoms with Gasteiger partial charge in [-0.05, 0) is 13.2 Å². The van der Waals surface area contributed by atoms with Gasteiger partial charge in [-0.2, -0.15) is 5.10 Å². The Morgan fingerprint density at radius 3 is 2.95 bits per heavy atom. The standard InChI is InChI=1S/C14H19N5OS/c1-9-10(6-18(2)17-9)7-19-5-4-12-11(8-19)13(20)16-14(15-12)21-3/h6H,4-5,7-8H2,1-3H3,(H,15,16,20). The van der Waals surface area contributed by atoms with E-state index in [0.29, 0.717) is 11.7 Å². The van der Waals surface area contributed by atoms with Gasteiger partial charge in [-0.1, -0.05) is 11.8 Å². The molecular formula is C14H19N5OS. The molecule has 0 saturated heterocycles. The predicted molar refractivity (Wildman–Crippen MR) is 82.4 cm³/mol. The molecule has 112 valence electrons. The van der Waals surface area contributed by atoms with E-state index in [1.165, 1.54) is 17.3 Å². The van der Waals surface area contributed by atoms with Gasteiger partial charge in [0.05, 0.1) is 17.0 Å². The number of hydrogen-bond donors (Lipinski definition) is 1. The van der Waals surface area contributed by atoms with Crippen LogP contribution >= 0.6 is 11.8 Å². The maximum atomic E-state index is 12.2. The minimum Gasteiger partial charge on any atom is -0.301 e. The van der Waals surface area contributed by atoms with Gasteiger partial charge in [-0.3, -0.25) is 14.4 Å². The molecule has 0 bridgehead atoms. The Kier molecular flexibility index (Phi) is 3.86. The van der Waals surface area contributed by atoms with E-state index in [2.05, 4.69) is 20.0 Å². The first-order valence-electron chi connectivity index (χ1n) is 6.94. The van der Waals surface area contributed by atoms with Crippen LogP contribution in [0.1, 0.15) is 22.5 Å². The van der Waals surface area contributed by atoms with Crippen molar-refractivity contribution in [2.75, 3.05) is 12.8 Å². The molecule has 21 heavy (non-hydrogen) atoms. The van der Waals surface area contributed by atoms with Gasteiger partial charge in [0.2, 0.25) is 0 Å². The van der Waals surface area contributed by atoms with Gasteiger partial charge in [0.15, 0.2) is 5.16 Å². The zero-order valence-corrected chi connectivity index (χ0v) is 13.3. The summed E-state index contributed by atoms with van der Waals surface area (Å²) in [6.07, 6.45) is 4.79. The van der Waals surface area contributed by atoms with Crippen molar-refractivity contribution in [3.05, 3.63) is 39.1 Å². The molecule has 1 aliphatic rings. The van der Waals surface area contributed by atoms with Crippen molar-refractivity contribution >= 4 is 11.8 Å². The zero-order valence-electron chi connectivity index (χ0n) is 12.5. The molecule has 2 aromatic rings. The maximum absolute atomic E-state index is 12.2. The molecule has 0 spiro atoms. The van der Waals surface area contributed by atoms with Crippen LogP contribution in [0.4, 0.5) is 0 Å². The van der Waals surface area contributed by atoms with Gasteiger partial charge in [-0.15, -0.1) is 0 Å². The van der Waals surface area contributed by atoms with Crippen molar-refractivity contribution in [3.63, 3.8) is 0 Å². The van der Waals surface area contributed by atoms with Crippen molar-refractivity contribution in [2.45, 2.75) is 31.6 Å². The van der Waals surface area contributed by atoms with Gasteiger partial charge in [0.25, 0.3) is 5.56 Å². The second kappa shape index (κ2) is 5.65. The fraction of sp³-hybridized carbons (Fsp3) is 0.500. The largest absolute Gasteiger partial charge is 0.301 e. The molecule has 3 heterocycles. The number of rotatable bonds is 3. The number of fused-ring (bicyclic) bond motifs is 1. The van der Waals surface area contributed by atoms with Crippen molar-refractivity contribution in [1.82, 2.24) is 24.6 Å². The molecule has 0 aromatic carbocycles. The number of nitrogens with one attached hydrogen (secondary N) is 1. The van der Waals surface area contributed by atoms with E-state index in [0.717, 1.165) is 36.5 Å². The first-order chi connectivity index (χ1) is 10.1. The van der Waals surface area contributed by atoms with Gasteiger partial charge in [0, 0.05) is 44.9 Å². The summed E-state index contributed by atoms with van der Waals surface area (Å²) in [6.45, 7) is 4.42. The van der Waals surface area contributed by atoms with Gasteiger partial charge >= 0.3 is 0 Å². The van der Waals surface area contributed by atoms with Crippen molar-refractivity contribution in [1.29, 1.82) is 0 Å². The maximum Gasteiger partial charge on any atom is 0.256 e. The molecule has 0 aliphatic carbocycles. The molecule has 0 saturated carbocycles. The van der Waals surface area contributed by atoms with E-state index in [1.54, 1.807) is 0 Å². The van der Waals surface area contributed by atoms with Crippen molar-refractivity contribution in [3.8, 4) is 0 Å². The van der Waals surface area contributed by atoms with E-state index in [4.69, 9.17) is 0 Å². The smallest absolute Gasteiger partial charge is 0.256 e. The van der Waals surface area contributed by atoms with E-state index < -0.39 is 0 Å². The molecule has 0 fully saturated rings. The van der Waals surface area contributed by atoms with Crippen LogP contribution in [0.2, 0.25) is 0 Å². The number of H-pyrrole nitrogens is 1. The summed E-state index contributed by atoms with van der Waals surface area (Å²) < 4.78 is 1.83. The first-order valence-corrected chi connectivity index (χ1v) is 8.17. The lowest BCUT2D eigenvalue weighted by atomic mass is 10.1. The Morgan fingerprint density at radius 2 is 2.29 bits per heavy atom. The van der Waals surface area contributed by atoms with Gasteiger partial charge in [0.1, 0.15) is 0 Å². The number of thioether (sulfide) groups is 1. The third-order valence-corrected chi connectivity index (χ3v) is 4.41. The number of aromatic nitrogens is 4. The van der Waals surface area contributed by atoms with E-state index in [9.17, 15) is 4.79 Å². The van der Waals surface area contributed by atoms with Crippen LogP contribution in [0.25, 0.3) is 0 Å².